The van der Waals surface area contributed by atoms with Crippen LogP contribution in [-0.4, -0.2) is 25.0 Å². The Hall–Kier alpha value is -2.04. The van der Waals surface area contributed by atoms with Crippen molar-refractivity contribution in [3.05, 3.63) is 24.3 Å². The van der Waals surface area contributed by atoms with Crippen molar-refractivity contribution in [1.82, 2.24) is 0 Å². The monoisotopic (exact) mass is 220 g/mol. The fourth-order valence-electron chi connectivity index (χ4n) is 1.58. The Morgan fingerprint density at radius 3 is 2.75 bits per heavy atom. The maximum atomic E-state index is 11.6. The van der Waals surface area contributed by atoms with E-state index in [0.29, 0.717) is 0 Å². The highest BCUT2D eigenvalue weighted by Gasteiger charge is 2.27. The Balaban J connectivity index is 2.15. The summed E-state index contributed by atoms with van der Waals surface area (Å²) in [5.41, 5.74) is 1.55. The van der Waals surface area contributed by atoms with Gasteiger partial charge in [-0.15, -0.1) is 0 Å². The molecule has 0 radical (unpaired) electrons. The van der Waals surface area contributed by atoms with E-state index in [9.17, 15) is 9.59 Å². The van der Waals surface area contributed by atoms with Gasteiger partial charge in [0.05, 0.1) is 24.9 Å². The zero-order valence-corrected chi connectivity index (χ0v) is 8.82. The van der Waals surface area contributed by atoms with Crippen molar-refractivity contribution in [3.63, 3.8) is 0 Å². The number of methoxy groups -OCH3 is 1. The van der Waals surface area contributed by atoms with Crippen molar-refractivity contribution in [1.29, 1.82) is 0 Å². The van der Waals surface area contributed by atoms with Crippen molar-refractivity contribution < 1.29 is 14.3 Å². The van der Waals surface area contributed by atoms with Crippen LogP contribution in [0.3, 0.4) is 0 Å². The second kappa shape index (κ2) is 4.22. The van der Waals surface area contributed by atoms with Crippen molar-refractivity contribution in [2.75, 3.05) is 17.7 Å². The van der Waals surface area contributed by atoms with E-state index in [1.165, 1.54) is 7.11 Å². The Bertz CT molecular complexity index is 431. The molecule has 84 valence electrons. The predicted molar refractivity (Wildman–Crippen MR) is 59.1 cm³/mol. The summed E-state index contributed by atoms with van der Waals surface area (Å²) >= 11 is 0. The maximum absolute atomic E-state index is 11.6. The van der Waals surface area contributed by atoms with E-state index in [0.717, 1.165) is 11.4 Å². The number of hydrogen-bond acceptors (Lipinski definition) is 4. The van der Waals surface area contributed by atoms with E-state index in [2.05, 4.69) is 15.4 Å². The molecule has 1 heterocycles. The van der Waals surface area contributed by atoms with Crippen LogP contribution < -0.4 is 10.6 Å². The summed E-state index contributed by atoms with van der Waals surface area (Å²) < 4.78 is 4.53. The lowest BCUT2D eigenvalue weighted by Crippen LogP contribution is -2.40. The molecule has 1 aliphatic rings. The van der Waals surface area contributed by atoms with Crippen LogP contribution in [0.25, 0.3) is 0 Å². The van der Waals surface area contributed by atoms with Crippen LogP contribution >= 0.6 is 0 Å². The molecule has 0 fully saturated rings. The number of nitrogens with one attached hydrogen (secondary N) is 2. The third-order valence-electron chi connectivity index (χ3n) is 2.43. The lowest BCUT2D eigenvalue weighted by atomic mass is 10.1. The minimum Gasteiger partial charge on any atom is -0.469 e. The van der Waals surface area contributed by atoms with Gasteiger partial charge in [-0.25, -0.2) is 0 Å². The van der Waals surface area contributed by atoms with Gasteiger partial charge < -0.3 is 15.4 Å². The van der Waals surface area contributed by atoms with Gasteiger partial charge in [0.1, 0.15) is 6.04 Å². The molecule has 1 aromatic rings. The number of carbonyl (C=O) groups is 2. The molecule has 1 aliphatic heterocycles. The summed E-state index contributed by atoms with van der Waals surface area (Å²) in [6.45, 7) is 0. The van der Waals surface area contributed by atoms with E-state index in [1.54, 1.807) is 6.07 Å². The molecular weight excluding hydrogens is 208 g/mol. The quantitative estimate of drug-likeness (QED) is 0.729. The van der Waals surface area contributed by atoms with E-state index in [4.69, 9.17) is 0 Å². The number of hydrogen-bond donors (Lipinski definition) is 2. The summed E-state index contributed by atoms with van der Waals surface area (Å²) in [5.74, 6) is -0.629. The lowest BCUT2D eigenvalue weighted by Gasteiger charge is -2.25. The molecule has 1 aromatic carbocycles. The number of esters is 1. The summed E-state index contributed by atoms with van der Waals surface area (Å²) in [6.07, 6.45) is 0.0245. The predicted octanol–water partition coefficient (Wildman–Crippen LogP) is 0.982. The maximum Gasteiger partial charge on any atom is 0.308 e. The van der Waals surface area contributed by atoms with Gasteiger partial charge in [-0.05, 0) is 12.1 Å². The molecule has 1 amide bonds. The topological polar surface area (TPSA) is 67.4 Å². The molecule has 5 nitrogen and oxygen atoms in total. The standard InChI is InChI=1S/C11H12N2O3/c1-16-10(14)6-9-11(15)13-8-5-3-2-4-7(8)12-9/h2-5,9,12H,6H2,1H3,(H,13,15). The van der Waals surface area contributed by atoms with E-state index in [1.807, 2.05) is 18.2 Å². The van der Waals surface area contributed by atoms with Gasteiger partial charge in [0.15, 0.2) is 0 Å². The van der Waals surface area contributed by atoms with Gasteiger partial charge in [0.25, 0.3) is 0 Å². The second-order valence-corrected chi connectivity index (χ2v) is 3.51. The first-order valence-electron chi connectivity index (χ1n) is 4.94. The number of carbonyl (C=O) groups excluding carboxylic acids is 2. The summed E-state index contributed by atoms with van der Waals surface area (Å²) in [6, 6.07) is 6.77. The fraction of sp³-hybridized carbons (Fsp3) is 0.273. The van der Waals surface area contributed by atoms with Crippen LogP contribution in [0.4, 0.5) is 11.4 Å². The Labute approximate surface area is 92.8 Å². The number of rotatable bonds is 2. The van der Waals surface area contributed by atoms with Gasteiger partial charge in [-0.1, -0.05) is 12.1 Å². The molecule has 1 unspecified atom stereocenters. The molecule has 2 rings (SSSR count). The summed E-state index contributed by atoms with van der Waals surface area (Å²) in [4.78, 5) is 22.7. The number of amides is 1. The first-order chi connectivity index (χ1) is 7.70. The molecule has 1 atom stereocenters. The van der Waals surface area contributed by atoms with Gasteiger partial charge in [-0.3, -0.25) is 9.59 Å². The molecular formula is C11H12N2O3. The number of ether oxygens (including phenoxy) is 1. The van der Waals surface area contributed by atoms with Crippen molar-refractivity contribution in [2.45, 2.75) is 12.5 Å². The smallest absolute Gasteiger partial charge is 0.308 e. The number of benzene rings is 1. The van der Waals surface area contributed by atoms with Crippen LogP contribution in [0.5, 0.6) is 0 Å². The molecule has 16 heavy (non-hydrogen) atoms. The summed E-state index contributed by atoms with van der Waals surface area (Å²) in [7, 11) is 1.30. The highest BCUT2D eigenvalue weighted by Crippen LogP contribution is 2.26. The minimum atomic E-state index is -0.567. The third kappa shape index (κ3) is 1.98. The molecule has 0 aromatic heterocycles. The third-order valence-corrected chi connectivity index (χ3v) is 2.43. The van der Waals surface area contributed by atoms with Crippen LogP contribution in [0.15, 0.2) is 24.3 Å². The molecule has 2 N–H and O–H groups in total. The lowest BCUT2D eigenvalue weighted by molar-refractivity contribution is -0.142. The van der Waals surface area contributed by atoms with Crippen molar-refractivity contribution >= 4 is 23.3 Å². The normalized spacial score (nSPS) is 18.1. The average Bonchev–Trinajstić information content (AvgIpc) is 2.30. The Morgan fingerprint density at radius 1 is 1.38 bits per heavy atom. The Morgan fingerprint density at radius 2 is 2.06 bits per heavy atom. The first-order valence-corrected chi connectivity index (χ1v) is 4.94. The molecule has 0 saturated heterocycles. The number of fused-ring (bicyclic) bond motifs is 1. The minimum absolute atomic E-state index is 0.0245. The van der Waals surface area contributed by atoms with Crippen LogP contribution in [0, 0.1) is 0 Å². The van der Waals surface area contributed by atoms with Crippen LogP contribution in [0.1, 0.15) is 6.42 Å². The van der Waals surface area contributed by atoms with Gasteiger partial charge in [-0.2, -0.15) is 0 Å². The number of para-hydroxylation sites is 2. The Kier molecular flexibility index (Phi) is 2.76. The second-order valence-electron chi connectivity index (χ2n) is 3.51. The first kappa shape index (κ1) is 10.5. The van der Waals surface area contributed by atoms with Gasteiger partial charge in [0.2, 0.25) is 5.91 Å². The largest absolute Gasteiger partial charge is 0.469 e. The van der Waals surface area contributed by atoms with Crippen molar-refractivity contribution in [2.24, 2.45) is 0 Å². The van der Waals surface area contributed by atoms with E-state index >= 15 is 0 Å². The van der Waals surface area contributed by atoms with Gasteiger partial charge >= 0.3 is 5.97 Å². The highest BCUT2D eigenvalue weighted by molar-refractivity contribution is 6.04. The average molecular weight is 220 g/mol. The van der Waals surface area contributed by atoms with E-state index < -0.39 is 12.0 Å². The van der Waals surface area contributed by atoms with E-state index in [-0.39, 0.29) is 12.3 Å². The molecule has 0 aliphatic carbocycles. The zero-order valence-electron chi connectivity index (χ0n) is 8.82. The fourth-order valence-corrected chi connectivity index (χ4v) is 1.58. The van der Waals surface area contributed by atoms with Crippen LogP contribution in [0.2, 0.25) is 0 Å². The molecule has 0 saturated carbocycles. The molecule has 0 bridgehead atoms. The summed E-state index contributed by atoms with van der Waals surface area (Å²) in [5, 5.41) is 5.73. The SMILES string of the molecule is COC(=O)CC1Nc2ccccc2NC1=O. The zero-order chi connectivity index (χ0) is 11.5. The molecule has 0 spiro atoms. The highest BCUT2D eigenvalue weighted by atomic mass is 16.5. The number of anilines is 2. The molecule has 5 heteroatoms. The van der Waals surface area contributed by atoms with Crippen molar-refractivity contribution in [3.8, 4) is 0 Å². The van der Waals surface area contributed by atoms with Gasteiger partial charge in [0, 0.05) is 0 Å². The van der Waals surface area contributed by atoms with Crippen LogP contribution in [-0.2, 0) is 14.3 Å².